The summed E-state index contributed by atoms with van der Waals surface area (Å²) in [5.74, 6) is -1.01. The topological polar surface area (TPSA) is 126 Å². The fourth-order valence-corrected chi connectivity index (χ4v) is 4.19. The molecule has 11 heteroatoms. The molecule has 0 aromatic heterocycles. The summed E-state index contributed by atoms with van der Waals surface area (Å²) in [5, 5.41) is 5.78. The Morgan fingerprint density at radius 3 is 2.36 bits per heavy atom. The standard InChI is InChI=1S/C26H34F2N4O3.C2H3NO/c1-26(2,3)35-25(34)31-19(12-17-8-4-5-9-21(17)27)14-24(33)32-16-18(29)13-20(32)15-30-23-11-7-6-10-22(23)28;1-3-2-4/h4-11,18-20,30H,12-16,29H2,1-3H3,(H,31,34);1H3/t18-,19+,20-;/m0./s1. The maximum absolute atomic E-state index is 14.3. The summed E-state index contributed by atoms with van der Waals surface area (Å²) in [6, 6.07) is 11.4. The fourth-order valence-electron chi connectivity index (χ4n) is 4.19. The predicted molar refractivity (Wildman–Crippen MR) is 145 cm³/mol. The van der Waals surface area contributed by atoms with Crippen LogP contribution in [-0.2, 0) is 20.7 Å². The number of carbonyl (C=O) groups excluding carboxylic acids is 3. The Morgan fingerprint density at radius 1 is 1.15 bits per heavy atom. The van der Waals surface area contributed by atoms with Crippen molar-refractivity contribution in [1.29, 1.82) is 0 Å². The first-order chi connectivity index (χ1) is 18.4. The lowest BCUT2D eigenvalue weighted by Gasteiger charge is -2.28. The maximum Gasteiger partial charge on any atom is 0.407 e. The molecule has 9 nitrogen and oxygen atoms in total. The summed E-state index contributed by atoms with van der Waals surface area (Å²) in [6.45, 7) is 5.90. The Hall–Kier alpha value is -3.82. The molecule has 2 amide bonds. The molecular formula is C28H37F2N5O4. The third-order valence-corrected chi connectivity index (χ3v) is 5.83. The van der Waals surface area contributed by atoms with Crippen LogP contribution in [0.5, 0.6) is 0 Å². The van der Waals surface area contributed by atoms with Crippen LogP contribution >= 0.6 is 0 Å². The van der Waals surface area contributed by atoms with E-state index in [-0.39, 0.29) is 36.6 Å². The van der Waals surface area contributed by atoms with Crippen molar-refractivity contribution in [3.05, 3.63) is 65.7 Å². The van der Waals surface area contributed by atoms with E-state index in [0.29, 0.717) is 30.8 Å². The molecule has 0 unspecified atom stereocenters. The predicted octanol–water partition coefficient (Wildman–Crippen LogP) is 3.78. The van der Waals surface area contributed by atoms with Crippen molar-refractivity contribution in [2.24, 2.45) is 10.7 Å². The maximum atomic E-state index is 14.3. The van der Waals surface area contributed by atoms with Gasteiger partial charge >= 0.3 is 6.09 Å². The van der Waals surface area contributed by atoms with E-state index in [4.69, 9.17) is 15.3 Å². The Labute approximate surface area is 227 Å². The van der Waals surface area contributed by atoms with Crippen molar-refractivity contribution < 1.29 is 27.9 Å². The van der Waals surface area contributed by atoms with E-state index in [1.807, 2.05) is 0 Å². The lowest BCUT2D eigenvalue weighted by atomic mass is 10.0. The third kappa shape index (κ3) is 10.8. The first-order valence-electron chi connectivity index (χ1n) is 12.7. The number of likely N-dealkylation sites (tertiary alicyclic amines) is 1. The van der Waals surface area contributed by atoms with E-state index in [0.717, 1.165) is 0 Å². The zero-order valence-electron chi connectivity index (χ0n) is 22.7. The minimum Gasteiger partial charge on any atom is -0.444 e. The summed E-state index contributed by atoms with van der Waals surface area (Å²) in [7, 11) is 1.38. The second-order valence-corrected chi connectivity index (χ2v) is 10.2. The number of benzene rings is 2. The lowest BCUT2D eigenvalue weighted by molar-refractivity contribution is -0.132. The average molecular weight is 546 g/mol. The highest BCUT2D eigenvalue weighted by atomic mass is 19.1. The van der Waals surface area contributed by atoms with E-state index in [2.05, 4.69) is 15.6 Å². The summed E-state index contributed by atoms with van der Waals surface area (Å²) in [5.41, 5.74) is 6.16. The number of rotatable bonds is 8. The van der Waals surface area contributed by atoms with E-state index >= 15 is 0 Å². The number of carbonyl (C=O) groups is 2. The number of nitrogens with one attached hydrogen (secondary N) is 2. The van der Waals surface area contributed by atoms with Gasteiger partial charge in [0.25, 0.3) is 0 Å². The summed E-state index contributed by atoms with van der Waals surface area (Å²) in [6.07, 6.45) is 1.25. The molecule has 2 aromatic rings. The van der Waals surface area contributed by atoms with Gasteiger partial charge in [-0.15, -0.1) is 0 Å². The molecule has 3 rings (SSSR count). The number of ether oxygens (including phenoxy) is 1. The summed E-state index contributed by atoms with van der Waals surface area (Å²) >= 11 is 0. The molecule has 0 saturated carbocycles. The number of hydrogen-bond acceptors (Lipinski definition) is 7. The number of isocyanates is 1. The monoisotopic (exact) mass is 545 g/mol. The van der Waals surface area contributed by atoms with Gasteiger partial charge in [-0.25, -0.2) is 23.4 Å². The number of nitrogens with two attached hydrogens (primary N) is 1. The Kier molecular flexibility index (Phi) is 12.0. The zero-order valence-corrected chi connectivity index (χ0v) is 22.7. The first-order valence-corrected chi connectivity index (χ1v) is 12.7. The van der Waals surface area contributed by atoms with Crippen LogP contribution in [-0.4, -0.2) is 66.8 Å². The van der Waals surface area contributed by atoms with E-state index in [9.17, 15) is 18.4 Å². The van der Waals surface area contributed by atoms with Crippen molar-refractivity contribution >= 4 is 23.8 Å². The van der Waals surface area contributed by atoms with Gasteiger partial charge in [0.1, 0.15) is 17.2 Å². The molecule has 4 N–H and O–H groups in total. The largest absolute Gasteiger partial charge is 0.444 e. The van der Waals surface area contributed by atoms with Crippen LogP contribution in [0.3, 0.4) is 0 Å². The van der Waals surface area contributed by atoms with Crippen molar-refractivity contribution in [3.63, 3.8) is 0 Å². The number of para-hydroxylation sites is 1. The van der Waals surface area contributed by atoms with Gasteiger partial charge in [-0.2, -0.15) is 0 Å². The van der Waals surface area contributed by atoms with Gasteiger partial charge in [0.15, 0.2) is 0 Å². The highest BCUT2D eigenvalue weighted by Crippen LogP contribution is 2.21. The fraction of sp³-hybridized carbons (Fsp3) is 0.464. The van der Waals surface area contributed by atoms with Crippen LogP contribution < -0.4 is 16.4 Å². The van der Waals surface area contributed by atoms with Crippen molar-refractivity contribution in [2.75, 3.05) is 25.5 Å². The van der Waals surface area contributed by atoms with Gasteiger partial charge in [0, 0.05) is 38.6 Å². The van der Waals surface area contributed by atoms with Gasteiger partial charge in [0.05, 0.1) is 11.7 Å². The molecule has 0 spiro atoms. The zero-order chi connectivity index (χ0) is 29.0. The Bertz CT molecular complexity index is 1150. The minimum atomic E-state index is -0.720. The average Bonchev–Trinajstić information content (AvgIpc) is 3.24. The SMILES string of the molecule is CC(C)(C)OC(=O)N[C@@H](CC(=O)N1C[C@@H](N)C[C@H]1CNc1ccccc1F)Cc1ccccc1F.CN=C=O. The number of alkyl carbamates (subject to hydrolysis) is 1. The molecule has 2 aromatic carbocycles. The van der Waals surface area contributed by atoms with Crippen LogP contribution in [0.15, 0.2) is 53.5 Å². The molecular weight excluding hydrogens is 508 g/mol. The van der Waals surface area contributed by atoms with Crippen molar-refractivity contribution in [2.45, 2.75) is 63.8 Å². The van der Waals surface area contributed by atoms with Crippen molar-refractivity contribution in [3.8, 4) is 0 Å². The van der Waals surface area contributed by atoms with Crippen LogP contribution in [0.1, 0.15) is 39.2 Å². The number of amides is 2. The molecule has 39 heavy (non-hydrogen) atoms. The number of aliphatic imine (C=N–C) groups is 1. The molecule has 1 saturated heterocycles. The molecule has 0 aliphatic carbocycles. The Balaban J connectivity index is 0.00000124. The van der Waals surface area contributed by atoms with Crippen molar-refractivity contribution in [1.82, 2.24) is 10.2 Å². The second-order valence-electron chi connectivity index (χ2n) is 10.2. The number of nitrogens with zero attached hydrogens (tertiary/aromatic N) is 2. The highest BCUT2D eigenvalue weighted by Gasteiger charge is 2.35. The van der Waals surface area contributed by atoms with Gasteiger partial charge in [0.2, 0.25) is 12.0 Å². The Morgan fingerprint density at radius 2 is 1.77 bits per heavy atom. The number of hydrogen-bond donors (Lipinski definition) is 3. The lowest BCUT2D eigenvalue weighted by Crippen LogP contribution is -2.46. The molecule has 212 valence electrons. The molecule has 0 bridgehead atoms. The van der Waals surface area contributed by atoms with E-state index < -0.39 is 23.6 Å². The number of halogens is 2. The van der Waals surface area contributed by atoms with Crippen LogP contribution in [0, 0.1) is 11.6 Å². The first kappa shape index (κ1) is 31.4. The molecule has 1 aliphatic heterocycles. The quantitative estimate of drug-likeness (QED) is 0.342. The number of anilines is 1. The van der Waals surface area contributed by atoms with Crippen LogP contribution in [0.2, 0.25) is 0 Å². The van der Waals surface area contributed by atoms with Crippen LogP contribution in [0.4, 0.5) is 19.3 Å². The minimum absolute atomic E-state index is 0.0590. The highest BCUT2D eigenvalue weighted by molar-refractivity contribution is 5.79. The van der Waals surface area contributed by atoms with Gasteiger partial charge < -0.3 is 26.0 Å². The van der Waals surface area contributed by atoms with Gasteiger partial charge in [-0.3, -0.25) is 4.79 Å². The third-order valence-electron chi connectivity index (χ3n) is 5.83. The summed E-state index contributed by atoms with van der Waals surface area (Å²) in [4.78, 5) is 39.2. The van der Waals surface area contributed by atoms with Gasteiger partial charge in [-0.05, 0) is 57.4 Å². The molecule has 1 fully saturated rings. The smallest absolute Gasteiger partial charge is 0.407 e. The normalized spacial score (nSPS) is 17.3. The second kappa shape index (κ2) is 14.9. The molecule has 1 aliphatic rings. The molecule has 1 heterocycles. The molecule has 0 radical (unpaired) electrons. The summed E-state index contributed by atoms with van der Waals surface area (Å²) < 4.78 is 33.7. The molecule has 3 atom stereocenters. The van der Waals surface area contributed by atoms with Gasteiger partial charge in [-0.1, -0.05) is 30.3 Å². The van der Waals surface area contributed by atoms with E-state index in [1.54, 1.807) is 62.1 Å². The van der Waals surface area contributed by atoms with E-state index in [1.165, 1.54) is 25.3 Å². The van der Waals surface area contributed by atoms with Crippen LogP contribution in [0.25, 0.3) is 0 Å².